The van der Waals surface area contributed by atoms with Gasteiger partial charge in [0, 0.05) is 24.2 Å². The highest BCUT2D eigenvalue weighted by atomic mass is 19.1. The van der Waals surface area contributed by atoms with Gasteiger partial charge in [0.2, 0.25) is 5.95 Å². The second kappa shape index (κ2) is 11.0. The average Bonchev–Trinajstić information content (AvgIpc) is 3.33. The van der Waals surface area contributed by atoms with Crippen molar-refractivity contribution < 1.29 is 13.5 Å². The van der Waals surface area contributed by atoms with Gasteiger partial charge >= 0.3 is 0 Å². The molecule has 2 aliphatic rings. The van der Waals surface area contributed by atoms with Crippen LogP contribution in [0.15, 0.2) is 60.7 Å². The molecule has 0 radical (unpaired) electrons. The van der Waals surface area contributed by atoms with Gasteiger partial charge < -0.3 is 9.64 Å². The molecule has 40 heavy (non-hydrogen) atoms. The third-order valence-electron chi connectivity index (χ3n) is 8.46. The first-order chi connectivity index (χ1) is 19.4. The molecule has 6 heteroatoms. The molecule has 1 atom stereocenters. The van der Waals surface area contributed by atoms with Crippen LogP contribution < -0.4 is 9.64 Å². The van der Waals surface area contributed by atoms with Gasteiger partial charge in [0.15, 0.2) is 0 Å². The monoisotopic (exact) mass is 539 g/mol. The topological polar surface area (TPSA) is 38.2 Å². The number of halogens is 2. The minimum atomic E-state index is -0.624. The number of hydrogen-bond acceptors (Lipinski definition) is 4. The van der Waals surface area contributed by atoms with Crippen molar-refractivity contribution in [1.29, 1.82) is 0 Å². The molecule has 0 amide bonds. The lowest BCUT2D eigenvalue weighted by Gasteiger charge is -2.32. The molecule has 1 aliphatic carbocycles. The second-order valence-corrected chi connectivity index (χ2v) is 11.4. The minimum Gasteiger partial charge on any atom is -0.489 e. The Bertz CT molecular complexity index is 1510. The number of ether oxygens (including phenoxy) is 1. The Morgan fingerprint density at radius 1 is 0.875 bits per heavy atom. The first kappa shape index (κ1) is 26.4. The van der Waals surface area contributed by atoms with Crippen LogP contribution in [0.5, 0.6) is 5.75 Å². The van der Waals surface area contributed by atoms with E-state index in [-0.39, 0.29) is 12.2 Å². The molecule has 206 valence electrons. The molecule has 4 aromatic rings. The zero-order valence-corrected chi connectivity index (χ0v) is 23.4. The van der Waals surface area contributed by atoms with Gasteiger partial charge in [-0.3, -0.25) is 0 Å². The third-order valence-corrected chi connectivity index (χ3v) is 8.46. The zero-order chi connectivity index (χ0) is 27.8. The van der Waals surface area contributed by atoms with Crippen LogP contribution in [0.3, 0.4) is 0 Å². The van der Waals surface area contributed by atoms with Crippen LogP contribution in [0.2, 0.25) is 0 Å². The summed E-state index contributed by atoms with van der Waals surface area (Å²) in [4.78, 5) is 11.8. The van der Waals surface area contributed by atoms with Gasteiger partial charge in [-0.2, -0.15) is 0 Å². The lowest BCUT2D eigenvalue weighted by atomic mass is 9.89. The molecule has 1 aliphatic heterocycles. The normalized spacial score (nSPS) is 17.2. The van der Waals surface area contributed by atoms with E-state index in [1.54, 1.807) is 0 Å². The Hall–Kier alpha value is -3.80. The van der Waals surface area contributed by atoms with Crippen molar-refractivity contribution in [2.24, 2.45) is 5.92 Å². The number of rotatable bonds is 6. The highest BCUT2D eigenvalue weighted by Gasteiger charge is 2.25. The predicted octanol–water partition coefficient (Wildman–Crippen LogP) is 7.74. The Labute approximate surface area is 235 Å². The van der Waals surface area contributed by atoms with Gasteiger partial charge in [-0.15, -0.1) is 0 Å². The average molecular weight is 540 g/mol. The molecule has 2 heterocycles. The molecular weight excluding hydrogens is 504 g/mol. The van der Waals surface area contributed by atoms with E-state index in [9.17, 15) is 4.39 Å². The highest BCUT2D eigenvalue weighted by molar-refractivity contribution is 5.70. The first-order valence-corrected chi connectivity index (χ1v) is 14.2. The molecule has 0 bridgehead atoms. The maximum atomic E-state index is 15.8. The first-order valence-electron chi connectivity index (χ1n) is 14.2. The Kier molecular flexibility index (Phi) is 7.26. The Balaban J connectivity index is 1.20. The summed E-state index contributed by atoms with van der Waals surface area (Å²) in [7, 11) is 0. The van der Waals surface area contributed by atoms with E-state index in [4.69, 9.17) is 14.7 Å². The van der Waals surface area contributed by atoms with E-state index >= 15 is 4.39 Å². The van der Waals surface area contributed by atoms with Crippen molar-refractivity contribution >= 4 is 5.95 Å². The molecule has 1 fully saturated rings. The quantitative estimate of drug-likeness (QED) is 0.251. The maximum Gasteiger partial charge on any atom is 0.225 e. The molecule has 0 N–H and O–H groups in total. The van der Waals surface area contributed by atoms with Crippen molar-refractivity contribution in [1.82, 2.24) is 9.97 Å². The summed E-state index contributed by atoms with van der Waals surface area (Å²) in [5, 5.41) is 0. The van der Waals surface area contributed by atoms with E-state index in [1.807, 2.05) is 32.0 Å². The summed E-state index contributed by atoms with van der Waals surface area (Å²) in [6.07, 6.45) is 4.13. The van der Waals surface area contributed by atoms with Crippen LogP contribution in [0.4, 0.5) is 14.7 Å². The van der Waals surface area contributed by atoms with Crippen molar-refractivity contribution in [2.45, 2.75) is 59.0 Å². The Morgan fingerprint density at radius 3 is 2.30 bits per heavy atom. The van der Waals surface area contributed by atoms with Crippen LogP contribution in [0.1, 0.15) is 59.3 Å². The van der Waals surface area contributed by atoms with Crippen LogP contribution in [0, 0.1) is 31.4 Å². The summed E-state index contributed by atoms with van der Waals surface area (Å²) in [5.74, 6) is 1.20. The molecule has 0 spiro atoms. The van der Waals surface area contributed by atoms with Crippen molar-refractivity contribution in [2.75, 3.05) is 18.0 Å². The second-order valence-electron chi connectivity index (χ2n) is 11.4. The zero-order valence-electron chi connectivity index (χ0n) is 23.4. The number of benzene rings is 3. The summed E-state index contributed by atoms with van der Waals surface area (Å²) in [6.45, 7) is 7.51. The smallest absolute Gasteiger partial charge is 0.225 e. The fourth-order valence-electron chi connectivity index (χ4n) is 6.35. The number of fused-ring (bicyclic) bond motifs is 1. The number of hydrogen-bond donors (Lipinski definition) is 0. The van der Waals surface area contributed by atoms with Crippen molar-refractivity contribution in [3.63, 3.8) is 0 Å². The Morgan fingerprint density at radius 2 is 1.57 bits per heavy atom. The van der Waals surface area contributed by atoms with Gasteiger partial charge in [0.25, 0.3) is 0 Å². The van der Waals surface area contributed by atoms with Gasteiger partial charge in [-0.25, -0.2) is 18.7 Å². The number of aromatic nitrogens is 2. The molecule has 1 saturated heterocycles. The minimum absolute atomic E-state index is 0.0859. The van der Waals surface area contributed by atoms with Crippen molar-refractivity contribution in [3.8, 4) is 16.9 Å². The lowest BCUT2D eigenvalue weighted by Crippen LogP contribution is -2.34. The number of piperidine rings is 1. The molecular formula is C34H35F2N3O. The van der Waals surface area contributed by atoms with E-state index in [0.29, 0.717) is 46.0 Å². The summed E-state index contributed by atoms with van der Waals surface area (Å²) in [5.41, 5.74) is 6.14. The van der Waals surface area contributed by atoms with Crippen molar-refractivity contribution in [3.05, 3.63) is 106 Å². The summed E-state index contributed by atoms with van der Waals surface area (Å²) >= 11 is 0. The molecule has 1 unspecified atom stereocenters. The van der Waals surface area contributed by atoms with Crippen LogP contribution >= 0.6 is 0 Å². The molecule has 6 rings (SSSR count). The standard InChI is InChI=1S/C34H35F2N3O/c1-21-17-26-9-10-28(19-27(26)18-21)40-20-30-31(35)12-11-29(33(30)36)32-22(2)37-34(38-23(32)3)39-15-13-25(14-16-39)24-7-5-4-6-8-24/h4-12,19,21,25H,13-18,20H2,1-3H3. The molecule has 0 saturated carbocycles. The molecule has 1 aromatic heterocycles. The van der Waals surface area contributed by atoms with Crippen LogP contribution in [-0.2, 0) is 19.4 Å². The van der Waals surface area contributed by atoms with E-state index < -0.39 is 11.6 Å². The largest absolute Gasteiger partial charge is 0.489 e. The molecule has 3 aromatic carbocycles. The lowest BCUT2D eigenvalue weighted by molar-refractivity contribution is 0.292. The summed E-state index contributed by atoms with van der Waals surface area (Å²) in [6, 6.07) is 19.4. The fraction of sp³-hybridized carbons (Fsp3) is 0.353. The number of anilines is 1. The van der Waals surface area contributed by atoms with Gasteiger partial charge in [-0.1, -0.05) is 43.3 Å². The number of nitrogens with zero attached hydrogens (tertiary/aromatic N) is 3. The fourth-order valence-corrected chi connectivity index (χ4v) is 6.35. The van der Waals surface area contributed by atoms with E-state index in [0.717, 1.165) is 38.8 Å². The van der Waals surface area contributed by atoms with E-state index in [1.165, 1.54) is 28.8 Å². The third kappa shape index (κ3) is 5.19. The van der Waals surface area contributed by atoms with Gasteiger partial charge in [0.1, 0.15) is 24.0 Å². The summed E-state index contributed by atoms with van der Waals surface area (Å²) < 4.78 is 36.5. The van der Waals surface area contributed by atoms with Crippen LogP contribution in [0.25, 0.3) is 11.1 Å². The SMILES string of the molecule is Cc1nc(N2CCC(c3ccccc3)CC2)nc(C)c1-c1ccc(F)c(COc2ccc3c(c2)CC(C)C3)c1F. The van der Waals surface area contributed by atoms with Gasteiger partial charge in [0.05, 0.1) is 17.0 Å². The number of aryl methyl sites for hydroxylation is 2. The highest BCUT2D eigenvalue weighted by Crippen LogP contribution is 2.35. The maximum absolute atomic E-state index is 15.8. The van der Waals surface area contributed by atoms with Crippen LogP contribution in [-0.4, -0.2) is 23.1 Å². The molecule has 4 nitrogen and oxygen atoms in total. The van der Waals surface area contributed by atoms with Gasteiger partial charge in [-0.05, 0) is 92.3 Å². The van der Waals surface area contributed by atoms with E-state index in [2.05, 4.69) is 42.2 Å². The predicted molar refractivity (Wildman–Crippen MR) is 155 cm³/mol.